The van der Waals surface area contributed by atoms with E-state index >= 15 is 0 Å². The van der Waals surface area contributed by atoms with Crippen molar-refractivity contribution in [3.05, 3.63) is 30.4 Å². The van der Waals surface area contributed by atoms with E-state index in [1.807, 2.05) is 0 Å². The van der Waals surface area contributed by atoms with Gasteiger partial charge in [-0.15, -0.1) is 0 Å². The fraction of sp³-hybridized carbons (Fsp3) is 0.273. The third-order valence-corrected chi connectivity index (χ3v) is 3.57. The smallest absolute Gasteiger partial charge is 0.240 e. The van der Waals surface area contributed by atoms with Crippen molar-refractivity contribution < 1.29 is 8.42 Å². The molecular formula is C11H16N6O2S. The molecule has 2 rings (SSSR count). The normalized spacial score (nSPS) is 11.5. The number of aromatic nitrogens is 3. The summed E-state index contributed by atoms with van der Waals surface area (Å²) in [5.74, 6) is 0.674. The third-order valence-electron chi connectivity index (χ3n) is 2.62. The number of hydrogen-bond donors (Lipinski definition) is 3. The first-order valence-electron chi connectivity index (χ1n) is 5.87. The van der Waals surface area contributed by atoms with E-state index in [0.717, 1.165) is 0 Å². The molecule has 108 valence electrons. The average molecular weight is 296 g/mol. The van der Waals surface area contributed by atoms with E-state index in [1.54, 1.807) is 30.2 Å². The number of nitrogens with zero attached hydrogens (tertiary/aromatic N) is 3. The van der Waals surface area contributed by atoms with Crippen LogP contribution in [-0.2, 0) is 23.5 Å². The maximum absolute atomic E-state index is 11.5. The number of nitrogen functional groups attached to an aromatic ring is 1. The molecule has 8 nitrogen and oxygen atoms in total. The van der Waals surface area contributed by atoms with Gasteiger partial charge in [0.2, 0.25) is 10.0 Å². The molecule has 0 spiro atoms. The minimum Gasteiger partial charge on any atom is -0.399 e. The van der Waals surface area contributed by atoms with E-state index in [0.29, 0.717) is 30.2 Å². The predicted octanol–water partition coefficient (Wildman–Crippen LogP) is -0.301. The highest BCUT2D eigenvalue weighted by Crippen LogP contribution is 2.22. The number of sulfonamides is 1. The van der Waals surface area contributed by atoms with Gasteiger partial charge in [0.1, 0.15) is 11.2 Å². The van der Waals surface area contributed by atoms with Crippen LogP contribution in [0.3, 0.4) is 0 Å². The highest BCUT2D eigenvalue weighted by molar-refractivity contribution is 7.89. The van der Waals surface area contributed by atoms with Crippen LogP contribution in [0.1, 0.15) is 5.82 Å². The molecule has 1 aromatic heterocycles. The number of hydrogen-bond acceptors (Lipinski definition) is 6. The van der Waals surface area contributed by atoms with Gasteiger partial charge in [-0.05, 0) is 18.2 Å². The van der Waals surface area contributed by atoms with Crippen LogP contribution in [0, 0.1) is 0 Å². The third kappa shape index (κ3) is 3.45. The summed E-state index contributed by atoms with van der Waals surface area (Å²) in [7, 11) is -2.04. The molecule has 0 unspecified atom stereocenters. The highest BCUT2D eigenvalue weighted by atomic mass is 32.2. The monoisotopic (exact) mass is 296 g/mol. The van der Waals surface area contributed by atoms with E-state index in [2.05, 4.69) is 15.4 Å². The van der Waals surface area contributed by atoms with E-state index in [1.165, 1.54) is 6.07 Å². The summed E-state index contributed by atoms with van der Waals surface area (Å²) in [6, 6.07) is 4.52. The van der Waals surface area contributed by atoms with E-state index < -0.39 is 10.0 Å². The number of nitrogens with one attached hydrogen (secondary N) is 1. The number of aryl methyl sites for hydroxylation is 1. The Hall–Kier alpha value is -2.13. The summed E-state index contributed by atoms with van der Waals surface area (Å²) in [6.45, 7) is 0.483. The number of primary sulfonamides is 1. The molecule has 0 aliphatic carbocycles. The van der Waals surface area contributed by atoms with Crippen molar-refractivity contribution in [2.75, 3.05) is 17.6 Å². The summed E-state index contributed by atoms with van der Waals surface area (Å²) in [4.78, 5) is 4.06. The predicted molar refractivity (Wildman–Crippen MR) is 75.4 cm³/mol. The molecule has 0 amide bonds. The van der Waals surface area contributed by atoms with Gasteiger partial charge in [-0.2, -0.15) is 5.10 Å². The molecule has 1 heterocycles. The van der Waals surface area contributed by atoms with E-state index in [9.17, 15) is 8.42 Å². The van der Waals surface area contributed by atoms with Gasteiger partial charge in [0, 0.05) is 25.7 Å². The van der Waals surface area contributed by atoms with Crippen LogP contribution in [0.15, 0.2) is 29.4 Å². The lowest BCUT2D eigenvalue weighted by Crippen LogP contribution is -2.16. The van der Waals surface area contributed by atoms with Crippen molar-refractivity contribution in [1.82, 2.24) is 14.8 Å². The summed E-state index contributed by atoms with van der Waals surface area (Å²) in [5, 5.41) is 12.3. The quantitative estimate of drug-likeness (QED) is 0.650. The second-order valence-electron chi connectivity index (χ2n) is 4.31. The van der Waals surface area contributed by atoms with Crippen molar-refractivity contribution >= 4 is 21.4 Å². The average Bonchev–Trinajstić information content (AvgIpc) is 2.76. The van der Waals surface area contributed by atoms with Crippen molar-refractivity contribution in [2.24, 2.45) is 12.2 Å². The Morgan fingerprint density at radius 3 is 2.75 bits per heavy atom. The number of nitrogens with two attached hydrogens (primary N) is 2. The second-order valence-corrected chi connectivity index (χ2v) is 5.84. The van der Waals surface area contributed by atoms with Gasteiger partial charge in [0.15, 0.2) is 5.82 Å². The van der Waals surface area contributed by atoms with Crippen LogP contribution >= 0.6 is 0 Å². The van der Waals surface area contributed by atoms with Crippen LogP contribution in [0.2, 0.25) is 0 Å². The fourth-order valence-electron chi connectivity index (χ4n) is 1.73. The molecule has 0 saturated carbocycles. The molecule has 0 aliphatic heterocycles. The molecule has 0 saturated heterocycles. The van der Waals surface area contributed by atoms with Crippen LogP contribution in [0.5, 0.6) is 0 Å². The first-order chi connectivity index (χ1) is 9.36. The molecule has 1 aromatic carbocycles. The highest BCUT2D eigenvalue weighted by Gasteiger charge is 2.14. The lowest BCUT2D eigenvalue weighted by molar-refractivity contribution is 0.598. The topological polar surface area (TPSA) is 129 Å². The van der Waals surface area contributed by atoms with Crippen molar-refractivity contribution in [1.29, 1.82) is 0 Å². The molecule has 9 heteroatoms. The first kappa shape index (κ1) is 14.3. The SMILES string of the molecule is Cn1cnc(CCNc2ccc(N)cc2S(N)(=O)=O)n1. The van der Waals surface area contributed by atoms with Crippen LogP contribution in [0.25, 0.3) is 0 Å². The number of anilines is 2. The molecule has 5 N–H and O–H groups in total. The Bertz CT molecular complexity index is 709. The lowest BCUT2D eigenvalue weighted by atomic mass is 10.2. The van der Waals surface area contributed by atoms with Gasteiger partial charge in [-0.3, -0.25) is 4.68 Å². The van der Waals surface area contributed by atoms with Gasteiger partial charge in [0.05, 0.1) is 5.69 Å². The van der Waals surface area contributed by atoms with Gasteiger partial charge in [-0.25, -0.2) is 18.5 Å². The Kier molecular flexibility index (Phi) is 3.91. The maximum Gasteiger partial charge on any atom is 0.240 e. The molecule has 0 bridgehead atoms. The molecule has 0 aliphatic rings. The van der Waals surface area contributed by atoms with Crippen molar-refractivity contribution in [3.8, 4) is 0 Å². The summed E-state index contributed by atoms with van der Waals surface area (Å²) >= 11 is 0. The zero-order valence-corrected chi connectivity index (χ0v) is 11.8. The van der Waals surface area contributed by atoms with Crippen LogP contribution in [0.4, 0.5) is 11.4 Å². The van der Waals surface area contributed by atoms with Crippen molar-refractivity contribution in [3.63, 3.8) is 0 Å². The zero-order chi connectivity index (χ0) is 14.8. The first-order valence-corrected chi connectivity index (χ1v) is 7.41. The Morgan fingerprint density at radius 2 is 2.15 bits per heavy atom. The summed E-state index contributed by atoms with van der Waals surface area (Å²) in [5.41, 5.74) is 6.33. The Labute approximate surface area is 116 Å². The molecule has 0 atom stereocenters. The Balaban J connectivity index is 2.10. The Morgan fingerprint density at radius 1 is 1.40 bits per heavy atom. The van der Waals surface area contributed by atoms with Gasteiger partial charge in [-0.1, -0.05) is 0 Å². The standard InChI is InChI=1S/C11H16N6O2S/c1-17-7-15-11(16-17)4-5-14-9-3-2-8(12)6-10(9)20(13,18)19/h2-3,6-7,14H,4-5,12H2,1H3,(H2,13,18,19). The minimum absolute atomic E-state index is 0.0218. The maximum atomic E-state index is 11.5. The van der Waals surface area contributed by atoms with Crippen molar-refractivity contribution in [2.45, 2.75) is 11.3 Å². The van der Waals surface area contributed by atoms with Crippen LogP contribution in [-0.4, -0.2) is 29.7 Å². The second kappa shape index (κ2) is 5.47. The van der Waals surface area contributed by atoms with Crippen LogP contribution < -0.4 is 16.2 Å². The van der Waals surface area contributed by atoms with E-state index in [-0.39, 0.29) is 4.90 Å². The van der Waals surface area contributed by atoms with E-state index in [4.69, 9.17) is 10.9 Å². The summed E-state index contributed by atoms with van der Waals surface area (Å²) < 4.78 is 24.6. The largest absolute Gasteiger partial charge is 0.399 e. The lowest BCUT2D eigenvalue weighted by Gasteiger charge is -2.10. The molecule has 20 heavy (non-hydrogen) atoms. The number of rotatable bonds is 5. The molecule has 0 radical (unpaired) electrons. The molecule has 0 fully saturated rings. The zero-order valence-electron chi connectivity index (χ0n) is 10.9. The van der Waals surface area contributed by atoms with Gasteiger partial charge in [0.25, 0.3) is 0 Å². The van der Waals surface area contributed by atoms with Gasteiger partial charge >= 0.3 is 0 Å². The fourth-order valence-corrected chi connectivity index (χ4v) is 2.47. The van der Waals surface area contributed by atoms with Gasteiger partial charge < -0.3 is 11.1 Å². The minimum atomic E-state index is -3.82. The number of benzene rings is 1. The molecule has 2 aromatic rings. The summed E-state index contributed by atoms with van der Waals surface area (Å²) in [6.07, 6.45) is 2.17. The molecular weight excluding hydrogens is 280 g/mol.